The van der Waals surface area contributed by atoms with Crippen LogP contribution in [0.5, 0.6) is 0 Å². The minimum Gasteiger partial charge on any atom is -0.480 e. The van der Waals surface area contributed by atoms with Gasteiger partial charge in [-0.05, 0) is 24.3 Å². The Morgan fingerprint density at radius 1 is 1.35 bits per heavy atom. The molecule has 0 aliphatic heterocycles. The molecule has 1 N–H and O–H groups in total. The first kappa shape index (κ1) is 17.0. The quantitative estimate of drug-likeness (QED) is 0.831. The number of nitrogens with zero attached hydrogens (tertiary/aromatic N) is 2. The van der Waals surface area contributed by atoms with Gasteiger partial charge in [-0.3, -0.25) is 9.59 Å². The molecule has 0 aliphatic rings. The maximum absolute atomic E-state index is 12.3. The molecule has 23 heavy (non-hydrogen) atoms. The largest absolute Gasteiger partial charge is 0.480 e. The zero-order chi connectivity index (χ0) is 16.8. The smallest absolute Gasteiger partial charge is 0.323 e. The highest BCUT2D eigenvalue weighted by atomic mass is 35.5. The summed E-state index contributed by atoms with van der Waals surface area (Å²) in [4.78, 5) is 24.4. The fourth-order valence-electron chi connectivity index (χ4n) is 1.91. The Balaban J connectivity index is 2.17. The van der Waals surface area contributed by atoms with Gasteiger partial charge in [-0.1, -0.05) is 16.8 Å². The molecular weight excluding hydrogens is 324 g/mol. The van der Waals surface area contributed by atoms with Crippen molar-refractivity contribution >= 4 is 23.5 Å². The van der Waals surface area contributed by atoms with Gasteiger partial charge in [-0.25, -0.2) is 0 Å². The van der Waals surface area contributed by atoms with Crippen LogP contribution in [0, 0.1) is 0 Å². The lowest BCUT2D eigenvalue weighted by molar-refractivity contribution is -0.137. The third-order valence-electron chi connectivity index (χ3n) is 3.04. The van der Waals surface area contributed by atoms with Crippen LogP contribution in [0.4, 0.5) is 0 Å². The molecule has 0 aliphatic carbocycles. The van der Waals surface area contributed by atoms with E-state index in [0.717, 1.165) is 4.90 Å². The average Bonchev–Trinajstić information content (AvgIpc) is 3.01. The standard InChI is InChI=1S/C15H15ClN2O5/c1-22-7-6-18(9-14(19)20)15(21)12-8-13(23-17-12)10-2-4-11(16)5-3-10/h2-5,8H,6-7,9H2,1H3,(H,19,20). The molecule has 8 heteroatoms. The zero-order valence-corrected chi connectivity index (χ0v) is 13.1. The summed E-state index contributed by atoms with van der Waals surface area (Å²) < 4.78 is 10.0. The third-order valence-corrected chi connectivity index (χ3v) is 3.29. The number of ether oxygens (including phenoxy) is 1. The summed E-state index contributed by atoms with van der Waals surface area (Å²) in [5.74, 6) is -1.25. The summed E-state index contributed by atoms with van der Waals surface area (Å²) in [5.41, 5.74) is 0.745. The molecule has 0 radical (unpaired) electrons. The van der Waals surface area contributed by atoms with Gasteiger partial charge >= 0.3 is 5.97 Å². The first-order valence-corrected chi connectivity index (χ1v) is 7.11. The highest BCUT2D eigenvalue weighted by Crippen LogP contribution is 2.22. The van der Waals surface area contributed by atoms with Crippen molar-refractivity contribution in [2.75, 3.05) is 26.8 Å². The molecule has 0 bridgehead atoms. The second-order valence-corrected chi connectivity index (χ2v) is 5.13. The average molecular weight is 339 g/mol. The molecule has 1 aromatic carbocycles. The number of benzene rings is 1. The number of hydrogen-bond donors (Lipinski definition) is 1. The highest BCUT2D eigenvalue weighted by Gasteiger charge is 2.22. The van der Waals surface area contributed by atoms with E-state index in [-0.39, 0.29) is 18.8 Å². The molecule has 0 atom stereocenters. The van der Waals surface area contributed by atoms with Gasteiger partial charge in [-0.15, -0.1) is 0 Å². The van der Waals surface area contributed by atoms with Gasteiger partial charge in [0.15, 0.2) is 11.5 Å². The summed E-state index contributed by atoms with van der Waals surface area (Å²) in [6, 6.07) is 8.31. The number of methoxy groups -OCH3 is 1. The number of rotatable bonds is 7. The molecule has 1 amide bonds. The Morgan fingerprint density at radius 3 is 2.65 bits per heavy atom. The predicted molar refractivity (Wildman–Crippen MR) is 82.4 cm³/mol. The van der Waals surface area contributed by atoms with Crippen LogP contribution >= 0.6 is 11.6 Å². The van der Waals surface area contributed by atoms with Crippen molar-refractivity contribution in [3.63, 3.8) is 0 Å². The van der Waals surface area contributed by atoms with E-state index >= 15 is 0 Å². The van der Waals surface area contributed by atoms with Crippen LogP contribution in [0.2, 0.25) is 5.02 Å². The highest BCUT2D eigenvalue weighted by molar-refractivity contribution is 6.30. The lowest BCUT2D eigenvalue weighted by atomic mass is 10.1. The van der Waals surface area contributed by atoms with Crippen LogP contribution in [0.1, 0.15) is 10.5 Å². The number of carbonyl (C=O) groups is 2. The van der Waals surface area contributed by atoms with Crippen molar-refractivity contribution in [3.05, 3.63) is 41.0 Å². The first-order chi connectivity index (χ1) is 11.0. The van der Waals surface area contributed by atoms with E-state index in [0.29, 0.717) is 16.3 Å². The number of carboxylic acid groups (broad SMARTS) is 1. The topological polar surface area (TPSA) is 92.9 Å². The van der Waals surface area contributed by atoms with Crippen LogP contribution < -0.4 is 0 Å². The van der Waals surface area contributed by atoms with E-state index in [9.17, 15) is 9.59 Å². The SMILES string of the molecule is COCCN(CC(=O)O)C(=O)c1cc(-c2ccc(Cl)cc2)on1. The van der Waals surface area contributed by atoms with E-state index in [4.69, 9.17) is 26.0 Å². The fraction of sp³-hybridized carbons (Fsp3) is 0.267. The van der Waals surface area contributed by atoms with Crippen molar-refractivity contribution in [1.82, 2.24) is 10.1 Å². The van der Waals surface area contributed by atoms with Crippen molar-refractivity contribution in [1.29, 1.82) is 0 Å². The van der Waals surface area contributed by atoms with E-state index in [1.165, 1.54) is 13.2 Å². The Bertz CT molecular complexity index is 683. The van der Waals surface area contributed by atoms with Gasteiger partial charge in [0.1, 0.15) is 6.54 Å². The Kier molecular flexibility index (Phi) is 5.72. The number of hydrogen-bond acceptors (Lipinski definition) is 5. The number of amides is 1. The normalized spacial score (nSPS) is 10.5. The van der Waals surface area contributed by atoms with Gasteiger partial charge in [-0.2, -0.15) is 0 Å². The molecule has 0 fully saturated rings. The number of carbonyl (C=O) groups excluding carboxylic acids is 1. The predicted octanol–water partition coefficient (Wildman–Crippen LogP) is 2.17. The van der Waals surface area contributed by atoms with Crippen LogP contribution in [-0.2, 0) is 9.53 Å². The van der Waals surface area contributed by atoms with Gasteiger partial charge in [0, 0.05) is 30.3 Å². The van der Waals surface area contributed by atoms with Crippen molar-refractivity contribution in [2.45, 2.75) is 0 Å². The van der Waals surface area contributed by atoms with Crippen molar-refractivity contribution in [2.24, 2.45) is 0 Å². The van der Waals surface area contributed by atoms with Crippen molar-refractivity contribution in [3.8, 4) is 11.3 Å². The molecule has 0 saturated carbocycles. The van der Waals surface area contributed by atoms with Gasteiger partial charge < -0.3 is 19.3 Å². The number of carboxylic acids is 1. The summed E-state index contributed by atoms with van der Waals surface area (Å²) in [7, 11) is 1.47. The van der Waals surface area contributed by atoms with E-state index in [1.54, 1.807) is 24.3 Å². The molecule has 0 unspecified atom stereocenters. The summed E-state index contributed by atoms with van der Waals surface area (Å²) >= 11 is 5.82. The zero-order valence-electron chi connectivity index (χ0n) is 12.4. The molecular formula is C15H15ClN2O5. The van der Waals surface area contributed by atoms with Crippen molar-refractivity contribution < 1.29 is 24.0 Å². The Labute approximate surface area is 137 Å². The minimum absolute atomic E-state index is 0.0345. The molecule has 2 rings (SSSR count). The lowest BCUT2D eigenvalue weighted by Gasteiger charge is -2.18. The summed E-state index contributed by atoms with van der Waals surface area (Å²) in [6.07, 6.45) is 0. The van der Waals surface area contributed by atoms with Crippen LogP contribution in [0.15, 0.2) is 34.9 Å². The van der Waals surface area contributed by atoms with E-state index in [1.807, 2.05) is 0 Å². The number of halogens is 1. The molecule has 2 aromatic rings. The first-order valence-electron chi connectivity index (χ1n) is 6.74. The molecule has 1 aromatic heterocycles. The fourth-order valence-corrected chi connectivity index (χ4v) is 2.03. The Hall–Kier alpha value is -2.38. The molecule has 7 nitrogen and oxygen atoms in total. The molecule has 0 spiro atoms. The van der Waals surface area contributed by atoms with Crippen LogP contribution in [0.25, 0.3) is 11.3 Å². The second-order valence-electron chi connectivity index (χ2n) is 4.70. The van der Waals surface area contributed by atoms with E-state index in [2.05, 4.69) is 5.16 Å². The minimum atomic E-state index is -1.11. The van der Waals surface area contributed by atoms with Gasteiger partial charge in [0.2, 0.25) is 0 Å². The lowest BCUT2D eigenvalue weighted by Crippen LogP contribution is -2.38. The molecule has 0 saturated heterocycles. The van der Waals surface area contributed by atoms with Crippen LogP contribution in [0.3, 0.4) is 0 Å². The second kappa shape index (κ2) is 7.75. The molecule has 1 heterocycles. The monoisotopic (exact) mass is 338 g/mol. The Morgan fingerprint density at radius 2 is 2.04 bits per heavy atom. The molecule has 122 valence electrons. The number of aliphatic carboxylic acids is 1. The van der Waals surface area contributed by atoms with E-state index < -0.39 is 18.4 Å². The summed E-state index contributed by atoms with van der Waals surface area (Å²) in [5, 5.41) is 13.2. The summed E-state index contributed by atoms with van der Waals surface area (Å²) in [6.45, 7) is -0.0724. The van der Waals surface area contributed by atoms with Crippen LogP contribution in [-0.4, -0.2) is 53.8 Å². The third kappa shape index (κ3) is 4.54. The number of aromatic nitrogens is 1. The maximum Gasteiger partial charge on any atom is 0.323 e. The maximum atomic E-state index is 12.3. The van der Waals surface area contributed by atoms with Gasteiger partial charge in [0.05, 0.1) is 6.61 Å². The van der Waals surface area contributed by atoms with Gasteiger partial charge in [0.25, 0.3) is 5.91 Å².